The van der Waals surface area contributed by atoms with Crippen molar-refractivity contribution >= 4 is 5.91 Å². The molecule has 1 aromatic rings. The number of amides is 1. The fourth-order valence-corrected chi connectivity index (χ4v) is 2.87. The molecule has 1 aliphatic carbocycles. The SMILES string of the molecule is COCc1ccc(C(=O)NC2CCCCC2C(F)(F)F)cc1. The third-order valence-corrected chi connectivity index (χ3v) is 4.03. The number of ether oxygens (including phenoxy) is 1. The number of alkyl halides is 3. The van der Waals surface area contributed by atoms with E-state index in [-0.39, 0.29) is 6.42 Å². The second-order valence-electron chi connectivity index (χ2n) is 5.64. The number of benzene rings is 1. The molecule has 0 aliphatic heterocycles. The summed E-state index contributed by atoms with van der Waals surface area (Å²) in [5, 5.41) is 2.55. The van der Waals surface area contributed by atoms with Crippen LogP contribution in [0.25, 0.3) is 0 Å². The Balaban J connectivity index is 2.03. The highest BCUT2D eigenvalue weighted by Gasteiger charge is 2.45. The summed E-state index contributed by atoms with van der Waals surface area (Å²) in [6, 6.07) is 5.85. The highest BCUT2D eigenvalue weighted by molar-refractivity contribution is 5.94. The molecule has 0 aromatic heterocycles. The van der Waals surface area contributed by atoms with Gasteiger partial charge in [0, 0.05) is 18.7 Å². The first kappa shape index (κ1) is 16.8. The lowest BCUT2D eigenvalue weighted by Gasteiger charge is -2.33. The van der Waals surface area contributed by atoms with Crippen molar-refractivity contribution in [2.24, 2.45) is 5.92 Å². The molecule has 0 bridgehead atoms. The Bertz CT molecular complexity index is 499. The van der Waals surface area contributed by atoms with E-state index in [0.717, 1.165) is 5.56 Å². The van der Waals surface area contributed by atoms with Crippen molar-refractivity contribution in [1.82, 2.24) is 5.32 Å². The normalized spacial score (nSPS) is 22.4. The topological polar surface area (TPSA) is 38.3 Å². The first-order valence-electron chi connectivity index (χ1n) is 7.37. The van der Waals surface area contributed by atoms with E-state index in [1.807, 2.05) is 0 Å². The average Bonchev–Trinajstić information content (AvgIpc) is 2.48. The van der Waals surface area contributed by atoms with Gasteiger partial charge in [0.15, 0.2) is 0 Å². The van der Waals surface area contributed by atoms with Gasteiger partial charge in [0.2, 0.25) is 0 Å². The van der Waals surface area contributed by atoms with Gasteiger partial charge in [0.1, 0.15) is 0 Å². The van der Waals surface area contributed by atoms with Gasteiger partial charge in [0.05, 0.1) is 12.5 Å². The molecule has 0 heterocycles. The van der Waals surface area contributed by atoms with Crippen molar-refractivity contribution in [3.8, 4) is 0 Å². The molecule has 2 unspecified atom stereocenters. The van der Waals surface area contributed by atoms with E-state index in [1.165, 1.54) is 0 Å². The lowest BCUT2D eigenvalue weighted by Crippen LogP contribution is -2.47. The van der Waals surface area contributed by atoms with Crippen molar-refractivity contribution < 1.29 is 22.7 Å². The second kappa shape index (κ2) is 7.13. The van der Waals surface area contributed by atoms with Crippen LogP contribution < -0.4 is 5.32 Å². The summed E-state index contributed by atoms with van der Waals surface area (Å²) in [6.07, 6.45) is -2.54. The number of halogens is 3. The number of carbonyl (C=O) groups is 1. The van der Waals surface area contributed by atoms with E-state index in [1.54, 1.807) is 31.4 Å². The molecular weight excluding hydrogens is 295 g/mol. The molecule has 1 N–H and O–H groups in total. The van der Waals surface area contributed by atoms with Gasteiger partial charge in [-0.1, -0.05) is 25.0 Å². The zero-order chi connectivity index (χ0) is 16.2. The van der Waals surface area contributed by atoms with Gasteiger partial charge in [-0.15, -0.1) is 0 Å². The first-order valence-corrected chi connectivity index (χ1v) is 7.37. The number of hydrogen-bond acceptors (Lipinski definition) is 2. The summed E-state index contributed by atoms with van der Waals surface area (Å²) in [5.74, 6) is -1.90. The predicted molar refractivity (Wildman–Crippen MR) is 76.4 cm³/mol. The smallest absolute Gasteiger partial charge is 0.380 e. The molecule has 1 saturated carbocycles. The van der Waals surface area contributed by atoms with E-state index in [2.05, 4.69) is 5.32 Å². The van der Waals surface area contributed by atoms with Gasteiger partial charge >= 0.3 is 6.18 Å². The van der Waals surface area contributed by atoms with Crippen LogP contribution in [0.15, 0.2) is 24.3 Å². The van der Waals surface area contributed by atoms with Crippen LogP contribution in [0.3, 0.4) is 0 Å². The summed E-state index contributed by atoms with van der Waals surface area (Å²) in [6.45, 7) is 0.431. The summed E-state index contributed by atoms with van der Waals surface area (Å²) in [7, 11) is 1.57. The molecule has 1 aromatic carbocycles. The Labute approximate surface area is 127 Å². The Morgan fingerprint density at radius 2 is 1.86 bits per heavy atom. The lowest BCUT2D eigenvalue weighted by molar-refractivity contribution is -0.187. The quantitative estimate of drug-likeness (QED) is 0.920. The molecule has 0 saturated heterocycles. The Hall–Kier alpha value is -1.56. The van der Waals surface area contributed by atoms with Crippen molar-refractivity contribution in [3.05, 3.63) is 35.4 Å². The van der Waals surface area contributed by atoms with E-state index in [0.29, 0.717) is 31.4 Å². The minimum Gasteiger partial charge on any atom is -0.380 e. The van der Waals surface area contributed by atoms with Gasteiger partial charge in [-0.2, -0.15) is 13.2 Å². The van der Waals surface area contributed by atoms with Crippen LogP contribution in [0.5, 0.6) is 0 Å². The molecule has 3 nitrogen and oxygen atoms in total. The van der Waals surface area contributed by atoms with E-state index in [4.69, 9.17) is 4.74 Å². The number of nitrogens with one attached hydrogen (secondary N) is 1. The monoisotopic (exact) mass is 315 g/mol. The van der Waals surface area contributed by atoms with Crippen LogP contribution in [0.4, 0.5) is 13.2 Å². The molecule has 2 rings (SSSR count). The van der Waals surface area contributed by atoms with Crippen LogP contribution in [0.2, 0.25) is 0 Å². The van der Waals surface area contributed by atoms with Gasteiger partial charge in [-0.05, 0) is 30.5 Å². The highest BCUT2D eigenvalue weighted by atomic mass is 19.4. The predicted octanol–water partition coefficient (Wildman–Crippen LogP) is 3.68. The summed E-state index contributed by atoms with van der Waals surface area (Å²) < 4.78 is 44.0. The summed E-state index contributed by atoms with van der Waals surface area (Å²) in [4.78, 5) is 12.1. The third kappa shape index (κ3) is 4.22. The van der Waals surface area contributed by atoms with Gasteiger partial charge in [-0.3, -0.25) is 4.79 Å². The Morgan fingerprint density at radius 1 is 1.23 bits per heavy atom. The maximum absolute atomic E-state index is 13.0. The highest BCUT2D eigenvalue weighted by Crippen LogP contribution is 2.37. The van der Waals surface area contributed by atoms with Crippen LogP contribution >= 0.6 is 0 Å². The van der Waals surface area contributed by atoms with Crippen LogP contribution in [-0.2, 0) is 11.3 Å². The minimum atomic E-state index is -4.26. The van der Waals surface area contributed by atoms with Gasteiger partial charge in [0.25, 0.3) is 5.91 Å². The zero-order valence-corrected chi connectivity index (χ0v) is 12.5. The lowest BCUT2D eigenvalue weighted by atomic mass is 9.84. The van der Waals surface area contributed by atoms with Gasteiger partial charge < -0.3 is 10.1 Å². The molecule has 1 amide bonds. The number of methoxy groups -OCH3 is 1. The molecule has 1 aliphatic rings. The molecule has 2 atom stereocenters. The van der Waals surface area contributed by atoms with Crippen molar-refractivity contribution in [1.29, 1.82) is 0 Å². The molecule has 0 spiro atoms. The van der Waals surface area contributed by atoms with Crippen LogP contribution in [0.1, 0.15) is 41.6 Å². The second-order valence-corrected chi connectivity index (χ2v) is 5.64. The molecule has 122 valence electrons. The largest absolute Gasteiger partial charge is 0.393 e. The average molecular weight is 315 g/mol. The maximum Gasteiger partial charge on any atom is 0.393 e. The number of hydrogen-bond donors (Lipinski definition) is 1. The third-order valence-electron chi connectivity index (χ3n) is 4.03. The maximum atomic E-state index is 13.0. The first-order chi connectivity index (χ1) is 10.4. The molecule has 0 radical (unpaired) electrons. The molecule has 1 fully saturated rings. The molecule has 6 heteroatoms. The van der Waals surface area contributed by atoms with E-state index in [9.17, 15) is 18.0 Å². The standard InChI is InChI=1S/C16H20F3NO2/c1-22-10-11-6-8-12(9-7-11)15(21)20-14-5-3-2-4-13(14)16(17,18)19/h6-9,13-14H,2-5,10H2,1H3,(H,20,21). The zero-order valence-electron chi connectivity index (χ0n) is 12.5. The fraction of sp³-hybridized carbons (Fsp3) is 0.562. The fourth-order valence-electron chi connectivity index (χ4n) is 2.87. The van der Waals surface area contributed by atoms with E-state index < -0.39 is 24.0 Å². The minimum absolute atomic E-state index is 0.0845. The number of carbonyl (C=O) groups excluding carboxylic acids is 1. The van der Waals surface area contributed by atoms with E-state index >= 15 is 0 Å². The summed E-state index contributed by atoms with van der Waals surface area (Å²) >= 11 is 0. The Kier molecular flexibility index (Phi) is 5.45. The summed E-state index contributed by atoms with van der Waals surface area (Å²) in [5.41, 5.74) is 1.27. The van der Waals surface area contributed by atoms with Crippen LogP contribution in [0, 0.1) is 5.92 Å². The van der Waals surface area contributed by atoms with Gasteiger partial charge in [-0.25, -0.2) is 0 Å². The van der Waals surface area contributed by atoms with Crippen molar-refractivity contribution in [2.45, 2.75) is 44.5 Å². The Morgan fingerprint density at radius 3 is 2.45 bits per heavy atom. The van der Waals surface area contributed by atoms with Crippen molar-refractivity contribution in [3.63, 3.8) is 0 Å². The number of rotatable bonds is 4. The van der Waals surface area contributed by atoms with Crippen LogP contribution in [-0.4, -0.2) is 25.2 Å². The van der Waals surface area contributed by atoms with Crippen molar-refractivity contribution in [2.75, 3.05) is 7.11 Å². The molecular formula is C16H20F3NO2. The molecule has 22 heavy (non-hydrogen) atoms.